The van der Waals surface area contributed by atoms with Gasteiger partial charge in [0.15, 0.2) is 6.61 Å². The van der Waals surface area contributed by atoms with E-state index < -0.39 is 6.04 Å². The molecule has 3 aromatic carbocycles. The summed E-state index contributed by atoms with van der Waals surface area (Å²) in [5.41, 5.74) is 1.85. The number of rotatable bonds is 12. The van der Waals surface area contributed by atoms with Gasteiger partial charge in [0, 0.05) is 23.1 Å². The fraction of sp³-hybridized carbons (Fsp3) is 0.286. The Morgan fingerprint density at radius 2 is 1.66 bits per heavy atom. The minimum absolute atomic E-state index is 0.170. The van der Waals surface area contributed by atoms with Gasteiger partial charge in [-0.2, -0.15) is 0 Å². The lowest BCUT2D eigenvalue weighted by Crippen LogP contribution is -2.51. The number of carbonyl (C=O) groups is 2. The van der Waals surface area contributed by atoms with Gasteiger partial charge in [0.05, 0.1) is 7.11 Å². The van der Waals surface area contributed by atoms with Crippen molar-refractivity contribution in [2.45, 2.75) is 32.4 Å². The molecule has 0 aliphatic heterocycles. The van der Waals surface area contributed by atoms with E-state index in [1.807, 2.05) is 85.8 Å². The number of benzene rings is 3. The first-order chi connectivity index (χ1) is 17.0. The summed E-state index contributed by atoms with van der Waals surface area (Å²) in [6, 6.07) is 24.1. The second kappa shape index (κ2) is 13.7. The quantitative estimate of drug-likeness (QED) is 0.309. The number of hydrogen-bond donors (Lipinski definition) is 1. The Morgan fingerprint density at radius 1 is 0.943 bits per heavy atom. The average Bonchev–Trinajstić information content (AvgIpc) is 2.89. The highest BCUT2D eigenvalue weighted by molar-refractivity contribution is 14.1. The maximum atomic E-state index is 13.5. The van der Waals surface area contributed by atoms with Crippen LogP contribution >= 0.6 is 22.6 Å². The smallest absolute Gasteiger partial charge is 0.261 e. The lowest BCUT2D eigenvalue weighted by atomic mass is 10.0. The SMILES string of the molecule is CCCNC(=O)[C@@H](Cc1ccccc1)N(Cc1cccc(OC)c1)C(=O)COc1ccc(I)cc1. The summed E-state index contributed by atoms with van der Waals surface area (Å²) in [5, 5.41) is 2.98. The van der Waals surface area contributed by atoms with Crippen LogP contribution in [-0.2, 0) is 22.6 Å². The van der Waals surface area contributed by atoms with Gasteiger partial charge in [-0.25, -0.2) is 0 Å². The molecule has 0 unspecified atom stereocenters. The maximum absolute atomic E-state index is 13.5. The topological polar surface area (TPSA) is 67.9 Å². The molecule has 0 saturated heterocycles. The summed E-state index contributed by atoms with van der Waals surface area (Å²) in [4.78, 5) is 28.5. The summed E-state index contributed by atoms with van der Waals surface area (Å²) in [5.74, 6) is 0.857. The molecule has 35 heavy (non-hydrogen) atoms. The second-order valence-electron chi connectivity index (χ2n) is 8.11. The Morgan fingerprint density at radius 3 is 2.34 bits per heavy atom. The normalized spacial score (nSPS) is 11.4. The van der Waals surface area contributed by atoms with Gasteiger partial charge in [-0.15, -0.1) is 0 Å². The molecule has 0 fully saturated rings. The van der Waals surface area contributed by atoms with Crippen molar-refractivity contribution in [3.05, 3.63) is 93.6 Å². The van der Waals surface area contributed by atoms with E-state index in [4.69, 9.17) is 9.47 Å². The molecule has 0 aliphatic carbocycles. The third kappa shape index (κ3) is 8.28. The Labute approximate surface area is 220 Å². The van der Waals surface area contributed by atoms with Crippen molar-refractivity contribution < 1.29 is 19.1 Å². The predicted octanol–water partition coefficient (Wildman–Crippen LogP) is 4.84. The summed E-state index contributed by atoms with van der Waals surface area (Å²) in [6.45, 7) is 2.63. The zero-order chi connectivity index (χ0) is 25.0. The highest BCUT2D eigenvalue weighted by Gasteiger charge is 2.30. The van der Waals surface area contributed by atoms with Gasteiger partial charge in [-0.05, 0) is 76.5 Å². The molecule has 1 atom stereocenters. The highest BCUT2D eigenvalue weighted by atomic mass is 127. The van der Waals surface area contributed by atoms with Crippen molar-refractivity contribution in [2.75, 3.05) is 20.3 Å². The molecule has 184 valence electrons. The van der Waals surface area contributed by atoms with Crippen LogP contribution in [0.15, 0.2) is 78.9 Å². The molecular weight excluding hydrogens is 555 g/mol. The lowest BCUT2D eigenvalue weighted by Gasteiger charge is -2.31. The zero-order valence-corrected chi connectivity index (χ0v) is 22.2. The number of amides is 2. The minimum atomic E-state index is -0.692. The third-order valence-corrected chi connectivity index (χ3v) is 6.20. The second-order valence-corrected chi connectivity index (χ2v) is 9.36. The molecule has 2 amide bonds. The number of nitrogens with one attached hydrogen (secondary N) is 1. The van der Waals surface area contributed by atoms with Crippen molar-refractivity contribution in [3.63, 3.8) is 0 Å². The van der Waals surface area contributed by atoms with Crippen LogP contribution in [0.1, 0.15) is 24.5 Å². The molecule has 7 heteroatoms. The molecule has 1 N–H and O–H groups in total. The van der Waals surface area contributed by atoms with Crippen LogP contribution in [0.2, 0.25) is 0 Å². The highest BCUT2D eigenvalue weighted by Crippen LogP contribution is 2.19. The van der Waals surface area contributed by atoms with Crippen LogP contribution in [-0.4, -0.2) is 43.0 Å². The van der Waals surface area contributed by atoms with Crippen LogP contribution in [0.5, 0.6) is 11.5 Å². The van der Waals surface area contributed by atoms with E-state index >= 15 is 0 Å². The molecule has 0 bridgehead atoms. The van der Waals surface area contributed by atoms with Crippen molar-refractivity contribution in [2.24, 2.45) is 0 Å². The van der Waals surface area contributed by atoms with Crippen LogP contribution in [0.3, 0.4) is 0 Å². The van der Waals surface area contributed by atoms with E-state index in [0.717, 1.165) is 21.1 Å². The molecule has 3 rings (SSSR count). The Balaban J connectivity index is 1.89. The molecule has 0 aliphatic rings. The van der Waals surface area contributed by atoms with Crippen molar-refractivity contribution in [3.8, 4) is 11.5 Å². The van der Waals surface area contributed by atoms with E-state index in [2.05, 4.69) is 27.9 Å². The fourth-order valence-corrected chi connectivity index (χ4v) is 4.01. The van der Waals surface area contributed by atoms with Crippen LogP contribution in [0.25, 0.3) is 0 Å². The molecule has 6 nitrogen and oxygen atoms in total. The molecule has 0 saturated carbocycles. The monoisotopic (exact) mass is 586 g/mol. The fourth-order valence-electron chi connectivity index (χ4n) is 3.65. The van der Waals surface area contributed by atoms with Gasteiger partial charge < -0.3 is 19.7 Å². The van der Waals surface area contributed by atoms with Crippen molar-refractivity contribution >= 4 is 34.4 Å². The summed E-state index contributed by atoms with van der Waals surface area (Å²) in [7, 11) is 1.60. The third-order valence-electron chi connectivity index (χ3n) is 5.48. The number of ether oxygens (including phenoxy) is 2. The first-order valence-corrected chi connectivity index (χ1v) is 12.7. The Hall–Kier alpha value is -3.07. The van der Waals surface area contributed by atoms with Gasteiger partial charge in [-0.1, -0.05) is 49.4 Å². The van der Waals surface area contributed by atoms with Gasteiger partial charge >= 0.3 is 0 Å². The largest absolute Gasteiger partial charge is 0.497 e. The molecule has 3 aromatic rings. The van der Waals surface area contributed by atoms with E-state index in [1.54, 1.807) is 12.0 Å². The van der Waals surface area contributed by atoms with Gasteiger partial charge in [0.25, 0.3) is 5.91 Å². The van der Waals surface area contributed by atoms with Crippen molar-refractivity contribution in [1.29, 1.82) is 0 Å². The van der Waals surface area contributed by atoms with Gasteiger partial charge in [0.2, 0.25) is 5.91 Å². The Bertz CT molecular complexity index is 1090. The first-order valence-electron chi connectivity index (χ1n) is 11.6. The predicted molar refractivity (Wildman–Crippen MR) is 145 cm³/mol. The number of hydrogen-bond acceptors (Lipinski definition) is 4. The van der Waals surface area contributed by atoms with Gasteiger partial charge in [-0.3, -0.25) is 9.59 Å². The van der Waals surface area contributed by atoms with Crippen LogP contribution in [0.4, 0.5) is 0 Å². The van der Waals surface area contributed by atoms with Crippen LogP contribution < -0.4 is 14.8 Å². The molecular formula is C28H31IN2O4. The Kier molecular flexibility index (Phi) is 10.4. The first kappa shape index (κ1) is 26.5. The molecule has 0 aromatic heterocycles. The lowest BCUT2D eigenvalue weighted by molar-refractivity contribution is -0.142. The number of nitrogens with zero attached hydrogens (tertiary/aromatic N) is 1. The van der Waals surface area contributed by atoms with E-state index in [9.17, 15) is 9.59 Å². The zero-order valence-electron chi connectivity index (χ0n) is 20.1. The van der Waals surface area contributed by atoms with Gasteiger partial charge in [0.1, 0.15) is 17.5 Å². The molecule has 0 radical (unpaired) electrons. The molecule has 0 heterocycles. The summed E-state index contributed by atoms with van der Waals surface area (Å²) >= 11 is 2.22. The number of carbonyl (C=O) groups excluding carboxylic acids is 2. The minimum Gasteiger partial charge on any atom is -0.497 e. The summed E-state index contributed by atoms with van der Waals surface area (Å²) < 4.78 is 12.2. The van der Waals surface area contributed by atoms with Crippen molar-refractivity contribution in [1.82, 2.24) is 10.2 Å². The maximum Gasteiger partial charge on any atom is 0.261 e. The van der Waals surface area contributed by atoms with Crippen LogP contribution in [0, 0.1) is 3.57 Å². The van der Waals surface area contributed by atoms with E-state index in [1.165, 1.54) is 0 Å². The molecule has 0 spiro atoms. The average molecular weight is 586 g/mol. The van der Waals surface area contributed by atoms with E-state index in [-0.39, 0.29) is 25.0 Å². The van der Waals surface area contributed by atoms with E-state index in [0.29, 0.717) is 24.5 Å². The number of halogens is 1. The number of methoxy groups -OCH3 is 1. The summed E-state index contributed by atoms with van der Waals surface area (Å²) in [6.07, 6.45) is 1.21. The standard InChI is InChI=1S/C28H31IN2O4/c1-3-16-30-28(33)26(18-21-8-5-4-6-9-21)31(19-22-10-7-11-25(17-22)34-2)27(32)20-35-24-14-12-23(29)13-15-24/h4-15,17,26H,3,16,18-20H2,1-2H3,(H,30,33)/t26-/m1/s1.